The number of rotatable bonds is 6. The third-order valence-corrected chi connectivity index (χ3v) is 3.99. The Morgan fingerprint density at radius 3 is 3.00 bits per heavy atom. The molecular weight excluding hydrogens is 333 g/mol. The predicted molar refractivity (Wildman–Crippen MR) is 84.8 cm³/mol. The zero-order valence-corrected chi connectivity index (χ0v) is 13.4. The van der Waals surface area contributed by atoms with Gasteiger partial charge in [0.1, 0.15) is 11.4 Å². The fraction of sp³-hybridized carbons (Fsp3) is 0.400. The number of aromatic nitrogens is 2. The quantitative estimate of drug-likeness (QED) is 0.286. The van der Waals surface area contributed by atoms with E-state index in [1.54, 1.807) is 12.1 Å². The lowest BCUT2D eigenvalue weighted by Gasteiger charge is -2.27. The molecule has 1 aliphatic carbocycles. The molecule has 1 aliphatic rings. The molecule has 3 rings (SSSR count). The van der Waals surface area contributed by atoms with E-state index in [0.29, 0.717) is 12.0 Å². The number of halogens is 1. The van der Waals surface area contributed by atoms with Crippen LogP contribution in [0.5, 0.6) is 0 Å². The number of aliphatic hydroxyl groups excluding tert-OH is 1. The lowest BCUT2D eigenvalue weighted by Crippen LogP contribution is -2.37. The van der Waals surface area contributed by atoms with E-state index in [2.05, 4.69) is 25.3 Å². The average Bonchev–Trinajstić information content (AvgIpc) is 3.04. The molecule has 2 unspecified atom stereocenters. The number of aliphatic hydroxyl groups is 2. The second kappa shape index (κ2) is 6.75. The lowest BCUT2D eigenvalue weighted by atomic mass is 9.83. The number of benzene rings is 1. The summed E-state index contributed by atoms with van der Waals surface area (Å²) in [4.78, 5) is 4.32. The number of nitrogens with one attached hydrogen (secondary N) is 2. The minimum atomic E-state index is -1.37. The van der Waals surface area contributed by atoms with Crippen molar-refractivity contribution < 1.29 is 24.4 Å². The van der Waals surface area contributed by atoms with Crippen LogP contribution in [0.25, 0.3) is 0 Å². The van der Waals surface area contributed by atoms with Gasteiger partial charge in [-0.2, -0.15) is 0 Å². The van der Waals surface area contributed by atoms with Crippen molar-refractivity contribution in [1.82, 2.24) is 15.8 Å². The molecule has 0 bridgehead atoms. The molecule has 9 nitrogen and oxygen atoms in total. The Bertz CT molecular complexity index is 792. The molecule has 0 saturated heterocycles. The van der Waals surface area contributed by atoms with Gasteiger partial charge in [0.05, 0.1) is 12.6 Å². The smallest absolute Gasteiger partial charge is 0.202 e. The highest BCUT2D eigenvalue weighted by Crippen LogP contribution is 2.37. The maximum Gasteiger partial charge on any atom is 0.202 e. The van der Waals surface area contributed by atoms with E-state index in [-0.39, 0.29) is 35.8 Å². The van der Waals surface area contributed by atoms with Gasteiger partial charge in [-0.1, -0.05) is 12.1 Å². The summed E-state index contributed by atoms with van der Waals surface area (Å²) < 4.78 is 18.3. The van der Waals surface area contributed by atoms with Crippen molar-refractivity contribution in [3.8, 4) is 0 Å². The van der Waals surface area contributed by atoms with Gasteiger partial charge in [0.15, 0.2) is 11.5 Å². The number of hydroxylamine groups is 1. The molecule has 0 fully saturated rings. The van der Waals surface area contributed by atoms with Gasteiger partial charge in [-0.15, -0.1) is 0 Å². The molecule has 5 N–H and O–H groups in total. The molecule has 0 spiro atoms. The second-order valence-electron chi connectivity index (χ2n) is 6.09. The second-order valence-corrected chi connectivity index (χ2v) is 6.09. The van der Waals surface area contributed by atoms with E-state index in [1.807, 2.05) is 5.48 Å². The topological polar surface area (TPSA) is 136 Å². The van der Waals surface area contributed by atoms with Crippen molar-refractivity contribution in [1.29, 1.82) is 0 Å². The standard InChI is InChI=1S/C15H18FN5O4/c1-15(23,7-22)6-17-13-12(20-25-21-13)14(19-24)18-11-5-9-8(11)3-2-4-10(9)16/h2-4,11,22-24H,5-7H2,1H3,(H,17,21)(H,18,19). The van der Waals surface area contributed by atoms with Crippen molar-refractivity contribution in [2.75, 3.05) is 18.5 Å². The Hall–Kier alpha value is -2.56. The monoisotopic (exact) mass is 351 g/mol. The van der Waals surface area contributed by atoms with Crippen LogP contribution in [-0.4, -0.2) is 50.3 Å². The molecule has 1 heterocycles. The van der Waals surface area contributed by atoms with Crippen LogP contribution in [0.4, 0.5) is 10.2 Å². The van der Waals surface area contributed by atoms with E-state index in [0.717, 1.165) is 5.56 Å². The largest absolute Gasteiger partial charge is 0.393 e. The number of hydrogen-bond acceptors (Lipinski definition) is 8. The highest BCUT2D eigenvalue weighted by atomic mass is 19.1. The van der Waals surface area contributed by atoms with E-state index in [9.17, 15) is 14.7 Å². The van der Waals surface area contributed by atoms with Gasteiger partial charge in [0.25, 0.3) is 0 Å². The SMILES string of the molecule is CC(O)(CO)CNc1nonc1C(=NC1Cc2c(F)cccc21)NO. The fourth-order valence-electron chi connectivity index (χ4n) is 2.48. The number of hydrogen-bond donors (Lipinski definition) is 5. The van der Waals surface area contributed by atoms with Crippen molar-refractivity contribution in [2.24, 2.45) is 4.99 Å². The summed E-state index contributed by atoms with van der Waals surface area (Å²) in [6.45, 7) is 0.956. The summed E-state index contributed by atoms with van der Waals surface area (Å²) in [5, 5.41) is 38.4. The van der Waals surface area contributed by atoms with Crippen LogP contribution in [-0.2, 0) is 6.42 Å². The molecule has 0 saturated carbocycles. The van der Waals surface area contributed by atoms with Crippen molar-refractivity contribution in [2.45, 2.75) is 25.0 Å². The first-order chi connectivity index (χ1) is 11.9. The minimum absolute atomic E-state index is 0.00713. The molecule has 0 aliphatic heterocycles. The molecule has 0 radical (unpaired) electrons. The van der Waals surface area contributed by atoms with Gasteiger partial charge < -0.3 is 15.5 Å². The summed E-state index contributed by atoms with van der Waals surface area (Å²) in [6, 6.07) is 4.43. The first-order valence-corrected chi connectivity index (χ1v) is 7.60. The first-order valence-electron chi connectivity index (χ1n) is 7.60. The molecule has 0 amide bonds. The molecular formula is C15H18FN5O4. The Kier molecular flexibility index (Phi) is 4.66. The number of amidine groups is 1. The fourth-order valence-corrected chi connectivity index (χ4v) is 2.48. The van der Waals surface area contributed by atoms with E-state index in [1.165, 1.54) is 13.0 Å². The molecule has 2 aromatic rings. The van der Waals surface area contributed by atoms with Crippen LogP contribution in [0.15, 0.2) is 27.8 Å². The van der Waals surface area contributed by atoms with Gasteiger partial charge in [-0.3, -0.25) is 15.7 Å². The van der Waals surface area contributed by atoms with Crippen molar-refractivity contribution >= 4 is 11.7 Å². The third-order valence-electron chi connectivity index (χ3n) is 3.99. The van der Waals surface area contributed by atoms with Crippen LogP contribution in [0.2, 0.25) is 0 Å². The third kappa shape index (κ3) is 3.45. The van der Waals surface area contributed by atoms with Gasteiger partial charge in [-0.05, 0) is 34.4 Å². The molecule has 1 aromatic carbocycles. The lowest BCUT2D eigenvalue weighted by molar-refractivity contribution is 0.0131. The Morgan fingerprint density at radius 2 is 2.28 bits per heavy atom. The average molecular weight is 351 g/mol. The normalized spacial score (nSPS) is 18.9. The number of aliphatic imine (C=N–C) groups is 1. The first kappa shape index (κ1) is 17.3. The van der Waals surface area contributed by atoms with Gasteiger partial charge in [-0.25, -0.2) is 9.02 Å². The Labute approximate surface area is 142 Å². The Morgan fingerprint density at radius 1 is 1.48 bits per heavy atom. The zero-order valence-electron chi connectivity index (χ0n) is 13.4. The molecule has 25 heavy (non-hydrogen) atoms. The van der Waals surface area contributed by atoms with E-state index < -0.39 is 12.2 Å². The molecule has 1 aromatic heterocycles. The van der Waals surface area contributed by atoms with Crippen molar-refractivity contribution in [3.63, 3.8) is 0 Å². The van der Waals surface area contributed by atoms with Crippen LogP contribution >= 0.6 is 0 Å². The summed E-state index contributed by atoms with van der Waals surface area (Å²) in [6.07, 6.45) is 0.403. The number of nitrogens with zero attached hydrogens (tertiary/aromatic N) is 3. The summed E-state index contributed by atoms with van der Waals surface area (Å²) >= 11 is 0. The van der Waals surface area contributed by atoms with Crippen LogP contribution in [0.3, 0.4) is 0 Å². The van der Waals surface area contributed by atoms with Gasteiger partial charge in [0, 0.05) is 13.0 Å². The maximum atomic E-state index is 13.6. The number of anilines is 1. The van der Waals surface area contributed by atoms with Gasteiger partial charge >= 0.3 is 0 Å². The van der Waals surface area contributed by atoms with E-state index in [4.69, 9.17) is 5.11 Å². The molecule has 134 valence electrons. The summed E-state index contributed by atoms with van der Waals surface area (Å²) in [7, 11) is 0. The van der Waals surface area contributed by atoms with Crippen LogP contribution in [0.1, 0.15) is 29.8 Å². The van der Waals surface area contributed by atoms with Crippen LogP contribution in [0, 0.1) is 5.82 Å². The minimum Gasteiger partial charge on any atom is -0.393 e. The van der Waals surface area contributed by atoms with Crippen LogP contribution < -0.4 is 10.8 Å². The van der Waals surface area contributed by atoms with Crippen molar-refractivity contribution in [3.05, 3.63) is 40.8 Å². The zero-order chi connectivity index (χ0) is 18.0. The van der Waals surface area contributed by atoms with Gasteiger partial charge in [0.2, 0.25) is 5.82 Å². The predicted octanol–water partition coefficient (Wildman–Crippen LogP) is 0.387. The maximum absolute atomic E-state index is 13.6. The number of fused-ring (bicyclic) bond motifs is 1. The molecule has 10 heteroatoms. The highest BCUT2D eigenvalue weighted by Gasteiger charge is 2.30. The van der Waals surface area contributed by atoms with E-state index >= 15 is 0 Å². The molecule has 2 atom stereocenters. The summed E-state index contributed by atoms with van der Waals surface area (Å²) in [5.41, 5.74) is 2.01. The summed E-state index contributed by atoms with van der Waals surface area (Å²) in [5.74, 6) is -0.153. The Balaban J connectivity index is 1.80. The highest BCUT2D eigenvalue weighted by molar-refractivity contribution is 6.00.